The van der Waals surface area contributed by atoms with Gasteiger partial charge in [0, 0.05) is 4.88 Å². The third-order valence-corrected chi connectivity index (χ3v) is 6.40. The maximum absolute atomic E-state index is 12.4. The summed E-state index contributed by atoms with van der Waals surface area (Å²) in [5.74, 6) is -0.831. The molecule has 0 fully saturated rings. The number of carbonyl (C=O) groups is 1. The van der Waals surface area contributed by atoms with Crippen LogP contribution in [0.15, 0.2) is 34.5 Å². The summed E-state index contributed by atoms with van der Waals surface area (Å²) in [4.78, 5) is 12.4. The van der Waals surface area contributed by atoms with Crippen molar-refractivity contribution in [3.8, 4) is 5.75 Å². The minimum atomic E-state index is -3.93. The van der Waals surface area contributed by atoms with Gasteiger partial charge in [0.2, 0.25) is 0 Å². The molecule has 2 aromatic rings. The summed E-state index contributed by atoms with van der Waals surface area (Å²) in [5, 5.41) is 9.40. The number of carboxylic acid groups (broad SMARTS) is 1. The van der Waals surface area contributed by atoms with Gasteiger partial charge < -0.3 is 9.84 Å². The molecule has 1 heterocycles. The Morgan fingerprint density at radius 3 is 2.52 bits per heavy atom. The lowest BCUT2D eigenvalue weighted by Gasteiger charge is -2.15. The number of sulfonamides is 1. The van der Waals surface area contributed by atoms with E-state index in [4.69, 9.17) is 4.74 Å². The highest BCUT2D eigenvalue weighted by atomic mass is 32.2. The smallest absolute Gasteiger partial charge is 0.326 e. The zero-order valence-corrected chi connectivity index (χ0v) is 14.5. The molecular formula is C15H17NO5S2. The second-order valence-electron chi connectivity index (χ2n) is 4.97. The van der Waals surface area contributed by atoms with Crippen LogP contribution in [0.4, 0.5) is 0 Å². The molecule has 0 radical (unpaired) electrons. The topological polar surface area (TPSA) is 92.7 Å². The fraction of sp³-hybridized carbons (Fsp3) is 0.267. The first-order valence-corrected chi connectivity index (χ1v) is 9.00. The summed E-state index contributed by atoms with van der Waals surface area (Å²) in [5.41, 5.74) is 1.15. The molecule has 0 amide bonds. The van der Waals surface area contributed by atoms with Crippen molar-refractivity contribution in [2.45, 2.75) is 24.1 Å². The van der Waals surface area contributed by atoms with E-state index in [1.165, 1.54) is 25.3 Å². The molecule has 0 bridgehead atoms. The van der Waals surface area contributed by atoms with Gasteiger partial charge in [-0.05, 0) is 43.2 Å². The van der Waals surface area contributed by atoms with Gasteiger partial charge in [-0.3, -0.25) is 4.79 Å². The SMILES string of the molecule is COc1cccc(C(NS(=O)(=O)c2cc(C)c(C)s2)C(=O)O)c1. The van der Waals surface area contributed by atoms with Crippen LogP contribution in [0, 0.1) is 13.8 Å². The average Bonchev–Trinajstić information content (AvgIpc) is 2.85. The molecule has 6 nitrogen and oxygen atoms in total. The molecule has 1 aromatic carbocycles. The lowest BCUT2D eigenvalue weighted by atomic mass is 10.1. The molecule has 23 heavy (non-hydrogen) atoms. The van der Waals surface area contributed by atoms with Crippen LogP contribution in [0.5, 0.6) is 5.75 Å². The van der Waals surface area contributed by atoms with E-state index in [0.717, 1.165) is 21.8 Å². The second kappa shape index (κ2) is 6.69. The number of carboxylic acids is 1. The van der Waals surface area contributed by atoms with Crippen LogP contribution in [0.3, 0.4) is 0 Å². The van der Waals surface area contributed by atoms with Crippen molar-refractivity contribution in [3.05, 3.63) is 46.3 Å². The van der Waals surface area contributed by atoms with Crippen LogP contribution in [-0.2, 0) is 14.8 Å². The van der Waals surface area contributed by atoms with Gasteiger partial charge in [0.05, 0.1) is 7.11 Å². The van der Waals surface area contributed by atoms with Gasteiger partial charge in [-0.2, -0.15) is 4.72 Å². The summed E-state index contributed by atoms with van der Waals surface area (Å²) >= 11 is 1.11. The maximum atomic E-state index is 12.4. The molecule has 0 aliphatic heterocycles. The molecule has 8 heteroatoms. The third kappa shape index (κ3) is 3.90. The summed E-state index contributed by atoms with van der Waals surface area (Å²) < 4.78 is 32.3. The lowest BCUT2D eigenvalue weighted by molar-refractivity contribution is -0.139. The van der Waals surface area contributed by atoms with Gasteiger partial charge in [0.1, 0.15) is 16.0 Å². The van der Waals surface area contributed by atoms with Gasteiger partial charge in [0.15, 0.2) is 0 Å². The number of aliphatic carboxylic acids is 1. The van der Waals surface area contributed by atoms with Crippen LogP contribution in [0.2, 0.25) is 0 Å². The number of aryl methyl sites for hydroxylation is 2. The van der Waals surface area contributed by atoms with Gasteiger partial charge in [-0.15, -0.1) is 11.3 Å². The van der Waals surface area contributed by atoms with E-state index < -0.39 is 22.0 Å². The number of methoxy groups -OCH3 is 1. The Labute approximate surface area is 138 Å². The monoisotopic (exact) mass is 355 g/mol. The highest BCUT2D eigenvalue weighted by Crippen LogP contribution is 2.27. The summed E-state index contributed by atoms with van der Waals surface area (Å²) in [6, 6.07) is 6.44. The maximum Gasteiger partial charge on any atom is 0.326 e. The number of rotatable bonds is 6. The minimum Gasteiger partial charge on any atom is -0.497 e. The van der Waals surface area contributed by atoms with E-state index in [0.29, 0.717) is 11.3 Å². The third-order valence-electron chi connectivity index (χ3n) is 3.36. The van der Waals surface area contributed by atoms with Crippen molar-refractivity contribution in [2.75, 3.05) is 7.11 Å². The Bertz CT molecular complexity index is 807. The predicted molar refractivity (Wildman–Crippen MR) is 87.5 cm³/mol. The summed E-state index contributed by atoms with van der Waals surface area (Å²) in [6.45, 7) is 3.62. The fourth-order valence-corrected chi connectivity index (χ4v) is 4.68. The van der Waals surface area contributed by atoms with E-state index in [1.54, 1.807) is 12.1 Å². The zero-order valence-electron chi connectivity index (χ0n) is 12.9. The van der Waals surface area contributed by atoms with Crippen LogP contribution in [-0.4, -0.2) is 26.6 Å². The van der Waals surface area contributed by atoms with Crippen LogP contribution >= 0.6 is 11.3 Å². The Kier molecular flexibility index (Phi) is 5.08. The molecule has 1 aromatic heterocycles. The number of nitrogens with one attached hydrogen (secondary N) is 1. The molecule has 2 N–H and O–H groups in total. The molecular weight excluding hydrogens is 338 g/mol. The average molecular weight is 355 g/mol. The second-order valence-corrected chi connectivity index (χ2v) is 8.17. The van der Waals surface area contributed by atoms with E-state index in [-0.39, 0.29) is 4.21 Å². The lowest BCUT2D eigenvalue weighted by Crippen LogP contribution is -2.33. The van der Waals surface area contributed by atoms with Crippen LogP contribution in [0.1, 0.15) is 22.0 Å². The predicted octanol–water partition coefficient (Wildman–Crippen LogP) is 2.48. The van der Waals surface area contributed by atoms with Crippen molar-refractivity contribution in [2.24, 2.45) is 0 Å². The van der Waals surface area contributed by atoms with Crippen molar-refractivity contribution in [3.63, 3.8) is 0 Å². The van der Waals surface area contributed by atoms with E-state index in [2.05, 4.69) is 4.72 Å². The number of benzene rings is 1. The van der Waals surface area contributed by atoms with Crippen molar-refractivity contribution < 1.29 is 23.1 Å². The number of hydrogen-bond acceptors (Lipinski definition) is 5. The number of hydrogen-bond donors (Lipinski definition) is 2. The molecule has 0 saturated carbocycles. The molecule has 0 aliphatic carbocycles. The van der Waals surface area contributed by atoms with Gasteiger partial charge in [-0.25, -0.2) is 8.42 Å². The van der Waals surface area contributed by atoms with Gasteiger partial charge in [0.25, 0.3) is 10.0 Å². The molecule has 1 atom stereocenters. The summed E-state index contributed by atoms with van der Waals surface area (Å²) in [7, 11) is -2.47. The quantitative estimate of drug-likeness (QED) is 0.830. The molecule has 0 aliphatic rings. The Hall–Kier alpha value is -1.90. The number of ether oxygens (including phenoxy) is 1. The van der Waals surface area contributed by atoms with Crippen LogP contribution < -0.4 is 9.46 Å². The van der Waals surface area contributed by atoms with E-state index in [9.17, 15) is 18.3 Å². The first-order chi connectivity index (χ1) is 10.7. The Balaban J connectivity index is 2.37. The largest absolute Gasteiger partial charge is 0.497 e. The molecule has 124 valence electrons. The Morgan fingerprint density at radius 1 is 1.30 bits per heavy atom. The minimum absolute atomic E-state index is 0.0987. The van der Waals surface area contributed by atoms with E-state index in [1.807, 2.05) is 13.8 Å². The number of thiophene rings is 1. The highest BCUT2D eigenvalue weighted by molar-refractivity contribution is 7.91. The van der Waals surface area contributed by atoms with Gasteiger partial charge in [-0.1, -0.05) is 12.1 Å². The molecule has 0 spiro atoms. The zero-order chi connectivity index (χ0) is 17.2. The van der Waals surface area contributed by atoms with Gasteiger partial charge >= 0.3 is 5.97 Å². The Morgan fingerprint density at radius 2 is 2.00 bits per heavy atom. The molecule has 1 unspecified atom stereocenters. The fourth-order valence-electron chi connectivity index (χ4n) is 1.97. The first-order valence-electron chi connectivity index (χ1n) is 6.70. The molecule has 2 rings (SSSR count). The van der Waals surface area contributed by atoms with E-state index >= 15 is 0 Å². The normalized spacial score (nSPS) is 12.8. The standard InChI is InChI=1S/C15H17NO5S2/c1-9-7-13(22-10(9)2)23(19,20)16-14(15(17)18)11-5-4-6-12(8-11)21-3/h4-8,14,16H,1-3H3,(H,17,18). The van der Waals surface area contributed by atoms with Crippen molar-refractivity contribution in [1.29, 1.82) is 0 Å². The molecule has 0 saturated heterocycles. The van der Waals surface area contributed by atoms with Crippen LogP contribution in [0.25, 0.3) is 0 Å². The van der Waals surface area contributed by atoms with Crippen molar-refractivity contribution in [1.82, 2.24) is 4.72 Å². The summed E-state index contributed by atoms with van der Waals surface area (Å²) in [6.07, 6.45) is 0. The first kappa shape index (κ1) is 17.5. The van der Waals surface area contributed by atoms with Crippen molar-refractivity contribution >= 4 is 27.3 Å². The highest BCUT2D eigenvalue weighted by Gasteiger charge is 2.28.